The van der Waals surface area contributed by atoms with Crippen LogP contribution in [0.5, 0.6) is 0 Å². The smallest absolute Gasteiger partial charge is 0.0238 e. The Hall–Kier alpha value is -0.860. The van der Waals surface area contributed by atoms with E-state index in [0.29, 0.717) is 6.04 Å². The van der Waals surface area contributed by atoms with Crippen LogP contribution in [0.2, 0.25) is 0 Å². The molecule has 2 rings (SSSR count). The molecular weight excluding hydrogens is 184 g/mol. The predicted octanol–water partition coefficient (Wildman–Crippen LogP) is 1.57. The Morgan fingerprint density at radius 2 is 2.20 bits per heavy atom. The standard InChI is InChI=1S/C13H20N2/c1-10-5-4-6-11-7-12(9-15(2)3)14-8-13(10)11/h4-6,12,14H,7-9H2,1-3H3. The number of rotatable bonds is 2. The summed E-state index contributed by atoms with van der Waals surface area (Å²) >= 11 is 0. The first-order valence-electron chi connectivity index (χ1n) is 5.62. The molecule has 82 valence electrons. The Morgan fingerprint density at radius 1 is 1.40 bits per heavy atom. The molecule has 0 bridgehead atoms. The average Bonchev–Trinajstić information content (AvgIpc) is 2.17. The van der Waals surface area contributed by atoms with Crippen molar-refractivity contribution in [1.82, 2.24) is 10.2 Å². The van der Waals surface area contributed by atoms with Crippen LogP contribution in [-0.4, -0.2) is 31.6 Å². The molecule has 0 saturated heterocycles. The first kappa shape index (κ1) is 10.7. The van der Waals surface area contributed by atoms with E-state index >= 15 is 0 Å². The number of fused-ring (bicyclic) bond motifs is 1. The summed E-state index contributed by atoms with van der Waals surface area (Å²) in [4.78, 5) is 2.25. The Morgan fingerprint density at radius 3 is 2.93 bits per heavy atom. The number of nitrogens with zero attached hydrogens (tertiary/aromatic N) is 1. The van der Waals surface area contributed by atoms with E-state index in [4.69, 9.17) is 0 Å². The molecule has 1 aliphatic heterocycles. The van der Waals surface area contributed by atoms with Gasteiger partial charge < -0.3 is 10.2 Å². The maximum atomic E-state index is 3.61. The van der Waals surface area contributed by atoms with Crippen LogP contribution in [0.15, 0.2) is 18.2 Å². The number of hydrogen-bond acceptors (Lipinski definition) is 2. The van der Waals surface area contributed by atoms with Gasteiger partial charge in [0.15, 0.2) is 0 Å². The molecule has 1 unspecified atom stereocenters. The highest BCUT2D eigenvalue weighted by atomic mass is 15.1. The van der Waals surface area contributed by atoms with Crippen LogP contribution in [0.4, 0.5) is 0 Å². The van der Waals surface area contributed by atoms with Crippen molar-refractivity contribution < 1.29 is 0 Å². The van der Waals surface area contributed by atoms with Crippen LogP contribution in [0.3, 0.4) is 0 Å². The molecule has 1 aliphatic rings. The zero-order valence-corrected chi connectivity index (χ0v) is 9.88. The van der Waals surface area contributed by atoms with Gasteiger partial charge in [-0.1, -0.05) is 18.2 Å². The third-order valence-corrected chi connectivity index (χ3v) is 3.13. The second-order valence-corrected chi connectivity index (χ2v) is 4.76. The summed E-state index contributed by atoms with van der Waals surface area (Å²) in [5.41, 5.74) is 4.46. The average molecular weight is 204 g/mol. The van der Waals surface area contributed by atoms with Crippen molar-refractivity contribution in [3.8, 4) is 0 Å². The third kappa shape index (κ3) is 2.39. The summed E-state index contributed by atoms with van der Waals surface area (Å²) < 4.78 is 0. The molecule has 1 aromatic rings. The lowest BCUT2D eigenvalue weighted by Gasteiger charge is -2.29. The minimum atomic E-state index is 0.606. The third-order valence-electron chi connectivity index (χ3n) is 3.13. The van der Waals surface area contributed by atoms with Gasteiger partial charge in [-0.2, -0.15) is 0 Å². The fraction of sp³-hybridized carbons (Fsp3) is 0.538. The van der Waals surface area contributed by atoms with Crippen LogP contribution in [0, 0.1) is 6.92 Å². The van der Waals surface area contributed by atoms with E-state index in [0.717, 1.165) is 19.5 Å². The van der Waals surface area contributed by atoms with Gasteiger partial charge >= 0.3 is 0 Å². The first-order chi connectivity index (χ1) is 7.16. The molecule has 0 aromatic heterocycles. The maximum Gasteiger partial charge on any atom is 0.0238 e. The number of aryl methyl sites for hydroxylation is 1. The normalized spacial score (nSPS) is 20.4. The molecule has 0 amide bonds. The molecule has 0 fully saturated rings. The fourth-order valence-electron chi connectivity index (χ4n) is 2.36. The van der Waals surface area contributed by atoms with Crippen molar-refractivity contribution in [3.05, 3.63) is 34.9 Å². The van der Waals surface area contributed by atoms with Gasteiger partial charge in [0.25, 0.3) is 0 Å². The van der Waals surface area contributed by atoms with Crippen molar-refractivity contribution in [3.63, 3.8) is 0 Å². The largest absolute Gasteiger partial charge is 0.308 e. The summed E-state index contributed by atoms with van der Waals surface area (Å²) in [6.45, 7) is 4.35. The minimum absolute atomic E-state index is 0.606. The highest BCUT2D eigenvalue weighted by molar-refractivity contribution is 5.36. The number of hydrogen-bond donors (Lipinski definition) is 1. The van der Waals surface area contributed by atoms with E-state index in [1.165, 1.54) is 16.7 Å². The summed E-state index contributed by atoms with van der Waals surface area (Å²) in [6.07, 6.45) is 1.16. The SMILES string of the molecule is Cc1cccc2c1CNC(CN(C)C)C2. The van der Waals surface area contributed by atoms with E-state index in [9.17, 15) is 0 Å². The molecule has 2 heteroatoms. The van der Waals surface area contributed by atoms with Crippen molar-refractivity contribution in [1.29, 1.82) is 0 Å². The molecule has 1 aromatic carbocycles. The van der Waals surface area contributed by atoms with E-state index in [2.05, 4.69) is 49.4 Å². The van der Waals surface area contributed by atoms with Crippen LogP contribution in [-0.2, 0) is 13.0 Å². The zero-order chi connectivity index (χ0) is 10.8. The Labute approximate surface area is 92.3 Å². The fourth-order valence-corrected chi connectivity index (χ4v) is 2.36. The van der Waals surface area contributed by atoms with Crippen molar-refractivity contribution in [2.75, 3.05) is 20.6 Å². The quantitative estimate of drug-likeness (QED) is 0.786. The second-order valence-electron chi connectivity index (χ2n) is 4.76. The molecule has 0 saturated carbocycles. The van der Waals surface area contributed by atoms with Crippen molar-refractivity contribution >= 4 is 0 Å². The Bertz CT molecular complexity index is 344. The summed E-state index contributed by atoms with van der Waals surface area (Å²) in [7, 11) is 4.26. The molecule has 1 heterocycles. The highest BCUT2D eigenvalue weighted by Gasteiger charge is 2.18. The van der Waals surface area contributed by atoms with Crippen LogP contribution in [0.25, 0.3) is 0 Å². The molecule has 1 N–H and O–H groups in total. The molecule has 2 nitrogen and oxygen atoms in total. The predicted molar refractivity (Wildman–Crippen MR) is 64.1 cm³/mol. The second kappa shape index (κ2) is 4.33. The van der Waals surface area contributed by atoms with Gasteiger partial charge in [0, 0.05) is 19.1 Å². The van der Waals surface area contributed by atoms with E-state index in [-0.39, 0.29) is 0 Å². The van der Waals surface area contributed by atoms with Crippen LogP contribution >= 0.6 is 0 Å². The van der Waals surface area contributed by atoms with Gasteiger partial charge in [0.05, 0.1) is 0 Å². The van der Waals surface area contributed by atoms with Gasteiger partial charge in [-0.25, -0.2) is 0 Å². The minimum Gasteiger partial charge on any atom is -0.308 e. The highest BCUT2D eigenvalue weighted by Crippen LogP contribution is 2.20. The van der Waals surface area contributed by atoms with E-state index in [1.807, 2.05) is 0 Å². The van der Waals surface area contributed by atoms with Gasteiger partial charge in [-0.05, 0) is 44.1 Å². The van der Waals surface area contributed by atoms with Gasteiger partial charge in [-0.15, -0.1) is 0 Å². The lowest BCUT2D eigenvalue weighted by atomic mass is 9.92. The zero-order valence-electron chi connectivity index (χ0n) is 9.88. The number of benzene rings is 1. The van der Waals surface area contributed by atoms with Gasteiger partial charge in [-0.3, -0.25) is 0 Å². The van der Waals surface area contributed by atoms with E-state index in [1.54, 1.807) is 0 Å². The maximum absolute atomic E-state index is 3.61. The molecule has 0 aliphatic carbocycles. The van der Waals surface area contributed by atoms with Gasteiger partial charge in [0.1, 0.15) is 0 Å². The van der Waals surface area contributed by atoms with Crippen molar-refractivity contribution in [2.24, 2.45) is 0 Å². The Kier molecular flexibility index (Phi) is 3.08. The van der Waals surface area contributed by atoms with E-state index < -0.39 is 0 Å². The molecule has 0 radical (unpaired) electrons. The summed E-state index contributed by atoms with van der Waals surface area (Å²) in [5, 5.41) is 3.61. The van der Waals surface area contributed by atoms with Crippen LogP contribution < -0.4 is 5.32 Å². The molecule has 15 heavy (non-hydrogen) atoms. The monoisotopic (exact) mass is 204 g/mol. The Balaban J connectivity index is 2.13. The van der Waals surface area contributed by atoms with Crippen molar-refractivity contribution in [2.45, 2.75) is 25.9 Å². The van der Waals surface area contributed by atoms with Gasteiger partial charge in [0.2, 0.25) is 0 Å². The lowest BCUT2D eigenvalue weighted by molar-refractivity contribution is 0.326. The summed E-state index contributed by atoms with van der Waals surface area (Å²) in [5.74, 6) is 0. The van der Waals surface area contributed by atoms with Crippen LogP contribution in [0.1, 0.15) is 16.7 Å². The number of likely N-dealkylation sites (N-methyl/N-ethyl adjacent to an activating group) is 1. The first-order valence-corrected chi connectivity index (χ1v) is 5.62. The number of nitrogens with one attached hydrogen (secondary N) is 1. The lowest BCUT2D eigenvalue weighted by Crippen LogP contribution is -2.42. The molecular formula is C13H20N2. The topological polar surface area (TPSA) is 15.3 Å². The molecule has 1 atom stereocenters. The summed E-state index contributed by atoms with van der Waals surface area (Å²) in [6, 6.07) is 7.25. The molecule has 0 spiro atoms.